The lowest BCUT2D eigenvalue weighted by atomic mass is 9.59. The number of aromatic hydroxyl groups is 1. The summed E-state index contributed by atoms with van der Waals surface area (Å²) in [7, 11) is 5.15. The van der Waals surface area contributed by atoms with Crippen LogP contribution in [0.2, 0.25) is 0 Å². The Labute approximate surface area is 198 Å². The molecule has 7 unspecified atom stereocenters. The molecule has 1 aromatic heterocycles. The van der Waals surface area contributed by atoms with Crippen LogP contribution >= 0.6 is 0 Å². The monoisotopic (exact) mass is 464 g/mol. The van der Waals surface area contributed by atoms with Crippen molar-refractivity contribution in [2.45, 2.75) is 61.9 Å². The summed E-state index contributed by atoms with van der Waals surface area (Å²) in [5.41, 5.74) is 1.59. The topological polar surface area (TPSA) is 90.9 Å². The van der Waals surface area contributed by atoms with Crippen LogP contribution in [-0.4, -0.2) is 55.5 Å². The van der Waals surface area contributed by atoms with E-state index in [0.717, 1.165) is 23.8 Å². The van der Waals surface area contributed by atoms with E-state index < -0.39 is 17.4 Å². The van der Waals surface area contributed by atoms with Crippen molar-refractivity contribution in [1.82, 2.24) is 14.0 Å². The van der Waals surface area contributed by atoms with E-state index in [9.17, 15) is 19.8 Å². The molecule has 5 aliphatic heterocycles. The molecule has 0 radical (unpaired) electrons. The van der Waals surface area contributed by atoms with Crippen molar-refractivity contribution in [2.75, 3.05) is 11.9 Å². The summed E-state index contributed by atoms with van der Waals surface area (Å²) in [5.74, 6) is 0.350. The molecule has 1 aromatic carbocycles. The molecule has 10 atom stereocenters. The van der Waals surface area contributed by atoms with Crippen LogP contribution in [0, 0.1) is 17.8 Å². The van der Waals surface area contributed by atoms with Gasteiger partial charge in [0.25, 0.3) is 5.56 Å². The van der Waals surface area contributed by atoms with Gasteiger partial charge in [-0.3, -0.25) is 18.8 Å². The van der Waals surface area contributed by atoms with E-state index in [4.69, 9.17) is 0 Å². The van der Waals surface area contributed by atoms with Gasteiger partial charge in [0.2, 0.25) is 5.88 Å². The van der Waals surface area contributed by atoms with Crippen molar-refractivity contribution >= 4 is 5.69 Å². The van der Waals surface area contributed by atoms with Crippen LogP contribution in [0.3, 0.4) is 0 Å². The summed E-state index contributed by atoms with van der Waals surface area (Å²) >= 11 is 0. The van der Waals surface area contributed by atoms with Gasteiger partial charge >= 0.3 is 5.69 Å². The molecule has 1 saturated carbocycles. The number of hydrogen-bond acceptors (Lipinski definition) is 6. The van der Waals surface area contributed by atoms with Crippen molar-refractivity contribution in [3.8, 4) is 5.88 Å². The molecule has 1 aliphatic carbocycles. The number of aliphatic hydroxyl groups is 1. The second-order valence-electron chi connectivity index (χ2n) is 11.3. The first kappa shape index (κ1) is 20.8. The molecule has 180 valence electrons. The maximum atomic E-state index is 13.4. The summed E-state index contributed by atoms with van der Waals surface area (Å²) in [5, 5.41) is 23.1. The third-order valence-electron chi connectivity index (χ3n) is 10.5. The van der Waals surface area contributed by atoms with Crippen LogP contribution in [0.1, 0.15) is 43.4 Å². The standard InChI is InChI=1S/C26H32N4O4/c1-5-12-13-10-16-21-26(14-8-6-7-9-15(14)27(21)2)11-17(18(13)22(26)31)30(16)20(12)19-23(32)28(3)25(34)29(4)24(19)33/h6-9,12-13,16-18,20-22,31-32H,5,10-11H2,1-4H3/t12?,13?,16?,17?,18?,20?,21-,22+,26+/m0/s1. The second-order valence-corrected chi connectivity index (χ2v) is 11.3. The fraction of sp³-hybridized carbons (Fsp3) is 0.615. The predicted molar refractivity (Wildman–Crippen MR) is 127 cm³/mol. The first-order valence-corrected chi connectivity index (χ1v) is 12.5. The molecule has 5 fully saturated rings. The SMILES string of the molecule is CCC1C2CC3[C@@H]4N(C)c5ccccc5[C@]45CC(C2[C@H]5O)N3C1c1c(O)n(C)c(=O)n(C)c1=O. The fourth-order valence-electron chi connectivity index (χ4n) is 9.41. The number of benzene rings is 1. The maximum absolute atomic E-state index is 13.4. The molecule has 2 aromatic rings. The Morgan fingerprint density at radius 3 is 2.56 bits per heavy atom. The summed E-state index contributed by atoms with van der Waals surface area (Å²) in [6.45, 7) is 2.14. The number of hydrogen-bond donors (Lipinski definition) is 2. The quantitative estimate of drug-likeness (QED) is 0.691. The Balaban J connectivity index is 1.47. The predicted octanol–water partition coefficient (Wildman–Crippen LogP) is 1.08. The van der Waals surface area contributed by atoms with E-state index in [-0.39, 0.29) is 53.2 Å². The number of para-hydroxylation sites is 1. The van der Waals surface area contributed by atoms with E-state index in [1.165, 1.54) is 29.9 Å². The van der Waals surface area contributed by atoms with E-state index in [0.29, 0.717) is 5.56 Å². The van der Waals surface area contributed by atoms with Crippen LogP contribution in [-0.2, 0) is 19.5 Å². The lowest BCUT2D eigenvalue weighted by Gasteiger charge is -2.64. The average molecular weight is 465 g/mol. The number of aromatic nitrogens is 2. The number of likely N-dealkylation sites (N-methyl/N-ethyl adjacent to an activating group) is 1. The van der Waals surface area contributed by atoms with Crippen molar-refractivity contribution in [3.63, 3.8) is 0 Å². The van der Waals surface area contributed by atoms with Crippen LogP contribution < -0.4 is 16.1 Å². The van der Waals surface area contributed by atoms with Gasteiger partial charge in [-0.05, 0) is 36.3 Å². The first-order chi connectivity index (χ1) is 16.3. The smallest absolute Gasteiger partial charge is 0.333 e. The zero-order valence-corrected chi connectivity index (χ0v) is 20.0. The van der Waals surface area contributed by atoms with Crippen LogP contribution in [0.25, 0.3) is 0 Å². The normalized spacial score (nSPS) is 42.9. The number of rotatable bonds is 2. The Kier molecular flexibility index (Phi) is 3.87. The minimum atomic E-state index is -0.516. The van der Waals surface area contributed by atoms with Gasteiger partial charge in [-0.2, -0.15) is 0 Å². The van der Waals surface area contributed by atoms with Gasteiger partial charge in [-0.1, -0.05) is 31.5 Å². The van der Waals surface area contributed by atoms with Crippen molar-refractivity contribution in [2.24, 2.45) is 31.8 Å². The molecule has 8 nitrogen and oxygen atoms in total. The minimum absolute atomic E-state index is 0.116. The Bertz CT molecular complexity index is 1350. The largest absolute Gasteiger partial charge is 0.494 e. The van der Waals surface area contributed by atoms with Crippen LogP contribution in [0.15, 0.2) is 33.9 Å². The number of aliphatic hydroxyl groups excluding tert-OH is 1. The van der Waals surface area contributed by atoms with Crippen molar-refractivity contribution in [1.29, 1.82) is 0 Å². The number of anilines is 1. The molecule has 2 N–H and O–H groups in total. The zero-order chi connectivity index (χ0) is 23.8. The van der Waals surface area contributed by atoms with Crippen LogP contribution in [0.4, 0.5) is 5.69 Å². The van der Waals surface area contributed by atoms with Gasteiger partial charge in [0.15, 0.2) is 0 Å². The van der Waals surface area contributed by atoms with Crippen LogP contribution in [0.5, 0.6) is 5.88 Å². The number of piperidine rings is 4. The van der Waals surface area contributed by atoms with E-state index in [1.807, 2.05) is 0 Å². The molecular weight excluding hydrogens is 432 g/mol. The molecule has 8 rings (SSSR count). The Morgan fingerprint density at radius 1 is 1.09 bits per heavy atom. The third-order valence-corrected chi connectivity index (χ3v) is 10.5. The Hall–Kier alpha value is -2.58. The molecule has 5 bridgehead atoms. The number of nitrogens with zero attached hydrogens (tertiary/aromatic N) is 4. The van der Waals surface area contributed by atoms with Gasteiger partial charge in [-0.25, -0.2) is 4.79 Å². The minimum Gasteiger partial charge on any atom is -0.494 e. The molecule has 4 saturated heterocycles. The van der Waals surface area contributed by atoms with Gasteiger partial charge in [0.05, 0.1) is 17.7 Å². The summed E-state index contributed by atoms with van der Waals surface area (Å²) < 4.78 is 2.31. The highest BCUT2D eigenvalue weighted by atomic mass is 16.3. The first-order valence-electron chi connectivity index (χ1n) is 12.5. The highest BCUT2D eigenvalue weighted by Gasteiger charge is 2.76. The molecule has 0 amide bonds. The van der Waals surface area contributed by atoms with Gasteiger partial charge in [0, 0.05) is 56.3 Å². The highest BCUT2D eigenvalue weighted by Crippen LogP contribution is 2.71. The highest BCUT2D eigenvalue weighted by molar-refractivity contribution is 5.67. The number of fused-ring (bicyclic) bond motifs is 2. The third kappa shape index (κ3) is 1.98. The molecule has 6 heterocycles. The van der Waals surface area contributed by atoms with Gasteiger partial charge in [-0.15, -0.1) is 0 Å². The summed E-state index contributed by atoms with van der Waals surface area (Å²) in [6, 6.07) is 8.68. The Morgan fingerprint density at radius 2 is 1.82 bits per heavy atom. The lowest BCUT2D eigenvalue weighted by molar-refractivity contribution is -0.143. The molecule has 6 aliphatic rings. The second kappa shape index (κ2) is 6.34. The molecule has 1 spiro atoms. The summed E-state index contributed by atoms with van der Waals surface area (Å²) in [6.07, 6.45) is 2.27. The van der Waals surface area contributed by atoms with E-state index in [1.54, 1.807) is 0 Å². The fourth-order valence-corrected chi connectivity index (χ4v) is 9.41. The molecule has 8 heteroatoms. The van der Waals surface area contributed by atoms with E-state index >= 15 is 0 Å². The molecular formula is C26H32N4O4. The van der Waals surface area contributed by atoms with E-state index in [2.05, 4.69) is 48.0 Å². The van der Waals surface area contributed by atoms with Gasteiger partial charge in [0.1, 0.15) is 0 Å². The van der Waals surface area contributed by atoms with Gasteiger partial charge < -0.3 is 15.1 Å². The van der Waals surface area contributed by atoms with Crippen molar-refractivity contribution in [3.05, 3.63) is 56.2 Å². The molecule has 34 heavy (non-hydrogen) atoms. The lowest BCUT2D eigenvalue weighted by Crippen LogP contribution is -2.70. The maximum Gasteiger partial charge on any atom is 0.333 e. The zero-order valence-electron chi connectivity index (χ0n) is 20.0. The summed E-state index contributed by atoms with van der Waals surface area (Å²) in [4.78, 5) is 30.8. The average Bonchev–Trinajstić information content (AvgIpc) is 3.23. The van der Waals surface area contributed by atoms with Crippen molar-refractivity contribution < 1.29 is 10.2 Å².